The third kappa shape index (κ3) is 2.94. The SMILES string of the molecule is CC(C(=O)N(CCC(N)=S)C1CC1)C1CC1. The molecule has 0 spiro atoms. The first-order chi connectivity index (χ1) is 7.59. The predicted octanol–water partition coefficient (Wildman–Crippen LogP) is 1.70. The molecule has 0 saturated heterocycles. The van der Waals surface area contributed by atoms with Gasteiger partial charge in [-0.3, -0.25) is 4.79 Å². The van der Waals surface area contributed by atoms with E-state index in [-0.39, 0.29) is 5.92 Å². The molecule has 2 rings (SSSR count). The Kier molecular flexibility index (Phi) is 3.47. The Morgan fingerprint density at radius 3 is 2.50 bits per heavy atom. The topological polar surface area (TPSA) is 46.3 Å². The molecule has 0 heterocycles. The van der Waals surface area contributed by atoms with Crippen LogP contribution in [0.4, 0.5) is 0 Å². The minimum Gasteiger partial charge on any atom is -0.393 e. The monoisotopic (exact) mass is 240 g/mol. The highest BCUT2D eigenvalue weighted by Crippen LogP contribution is 2.39. The van der Waals surface area contributed by atoms with E-state index in [9.17, 15) is 4.79 Å². The van der Waals surface area contributed by atoms with Gasteiger partial charge in [0.1, 0.15) is 0 Å². The van der Waals surface area contributed by atoms with Crippen LogP contribution in [0.15, 0.2) is 0 Å². The van der Waals surface area contributed by atoms with Crippen LogP contribution in [0.3, 0.4) is 0 Å². The molecule has 0 bridgehead atoms. The van der Waals surface area contributed by atoms with E-state index in [1.807, 2.05) is 4.90 Å². The number of nitrogens with zero attached hydrogens (tertiary/aromatic N) is 1. The van der Waals surface area contributed by atoms with Gasteiger partial charge in [-0.15, -0.1) is 0 Å². The number of thiocarbonyl (C=S) groups is 1. The Bertz CT molecular complexity index is 297. The second-order valence-electron chi connectivity index (χ2n) is 5.11. The van der Waals surface area contributed by atoms with E-state index < -0.39 is 0 Å². The highest BCUT2D eigenvalue weighted by Gasteiger charge is 2.39. The second-order valence-corrected chi connectivity index (χ2v) is 5.63. The van der Waals surface area contributed by atoms with E-state index in [2.05, 4.69) is 6.92 Å². The summed E-state index contributed by atoms with van der Waals surface area (Å²) >= 11 is 4.88. The number of hydrogen-bond donors (Lipinski definition) is 1. The van der Waals surface area contributed by atoms with E-state index in [1.165, 1.54) is 12.8 Å². The zero-order chi connectivity index (χ0) is 11.7. The standard InChI is InChI=1S/C12H20N2OS/c1-8(9-2-3-9)12(15)14(10-4-5-10)7-6-11(13)16/h8-10H,2-7H2,1H3,(H2,13,16). The maximum absolute atomic E-state index is 12.3. The third-order valence-electron chi connectivity index (χ3n) is 3.59. The summed E-state index contributed by atoms with van der Waals surface area (Å²) in [6.45, 7) is 2.78. The number of hydrogen-bond acceptors (Lipinski definition) is 2. The van der Waals surface area contributed by atoms with Gasteiger partial charge in [0.15, 0.2) is 0 Å². The first-order valence-corrected chi connectivity index (χ1v) is 6.59. The summed E-state index contributed by atoms with van der Waals surface area (Å²) in [6.07, 6.45) is 5.41. The van der Waals surface area contributed by atoms with Crippen LogP contribution in [-0.2, 0) is 4.79 Å². The van der Waals surface area contributed by atoms with E-state index in [0.717, 1.165) is 19.4 Å². The first-order valence-electron chi connectivity index (χ1n) is 6.18. The third-order valence-corrected chi connectivity index (χ3v) is 3.79. The molecule has 1 unspecified atom stereocenters. The van der Waals surface area contributed by atoms with Gasteiger partial charge in [0.05, 0.1) is 4.99 Å². The normalized spacial score (nSPS) is 21.6. The van der Waals surface area contributed by atoms with Crippen LogP contribution in [-0.4, -0.2) is 28.4 Å². The van der Waals surface area contributed by atoms with E-state index in [4.69, 9.17) is 18.0 Å². The predicted molar refractivity (Wildman–Crippen MR) is 68.0 cm³/mol. The van der Waals surface area contributed by atoms with Gasteiger partial charge in [-0.25, -0.2) is 0 Å². The summed E-state index contributed by atoms with van der Waals surface area (Å²) in [5, 5.41) is 0. The van der Waals surface area contributed by atoms with Crippen molar-refractivity contribution < 1.29 is 4.79 Å². The van der Waals surface area contributed by atoms with Gasteiger partial charge >= 0.3 is 0 Å². The fraction of sp³-hybridized carbons (Fsp3) is 0.833. The molecule has 0 aromatic heterocycles. The number of rotatable bonds is 6. The van der Waals surface area contributed by atoms with Crippen molar-refractivity contribution in [1.82, 2.24) is 4.90 Å². The molecule has 0 radical (unpaired) electrons. The van der Waals surface area contributed by atoms with Crippen molar-refractivity contribution >= 4 is 23.1 Å². The molecule has 2 aliphatic carbocycles. The van der Waals surface area contributed by atoms with Crippen LogP contribution in [0.2, 0.25) is 0 Å². The van der Waals surface area contributed by atoms with Gasteiger partial charge in [-0.05, 0) is 31.6 Å². The Morgan fingerprint density at radius 1 is 1.44 bits per heavy atom. The van der Waals surface area contributed by atoms with Crippen LogP contribution in [0.25, 0.3) is 0 Å². The summed E-state index contributed by atoms with van der Waals surface area (Å²) < 4.78 is 0. The summed E-state index contributed by atoms with van der Waals surface area (Å²) in [7, 11) is 0. The van der Waals surface area contributed by atoms with Gasteiger partial charge in [0.25, 0.3) is 0 Å². The molecule has 4 heteroatoms. The van der Waals surface area contributed by atoms with Crippen LogP contribution >= 0.6 is 12.2 Å². The zero-order valence-electron chi connectivity index (χ0n) is 9.82. The molecule has 2 N–H and O–H groups in total. The van der Waals surface area contributed by atoms with Crippen LogP contribution < -0.4 is 5.73 Å². The molecule has 1 amide bonds. The van der Waals surface area contributed by atoms with Crippen molar-refractivity contribution in [3.63, 3.8) is 0 Å². The van der Waals surface area contributed by atoms with Crippen molar-refractivity contribution in [2.24, 2.45) is 17.6 Å². The van der Waals surface area contributed by atoms with Crippen molar-refractivity contribution in [1.29, 1.82) is 0 Å². The smallest absolute Gasteiger partial charge is 0.225 e. The molecular formula is C12H20N2OS. The molecule has 3 nitrogen and oxygen atoms in total. The van der Waals surface area contributed by atoms with Crippen molar-refractivity contribution in [3.8, 4) is 0 Å². The van der Waals surface area contributed by atoms with E-state index in [0.29, 0.717) is 29.3 Å². The van der Waals surface area contributed by atoms with Gasteiger partial charge in [0.2, 0.25) is 5.91 Å². The molecule has 0 aliphatic heterocycles. The fourth-order valence-corrected chi connectivity index (χ4v) is 2.24. The maximum Gasteiger partial charge on any atom is 0.225 e. The highest BCUT2D eigenvalue weighted by atomic mass is 32.1. The summed E-state index contributed by atoms with van der Waals surface area (Å²) in [5.74, 6) is 1.16. The molecule has 0 aromatic carbocycles. The van der Waals surface area contributed by atoms with E-state index in [1.54, 1.807) is 0 Å². The van der Waals surface area contributed by atoms with Crippen LogP contribution in [0.1, 0.15) is 39.0 Å². The fourth-order valence-electron chi connectivity index (χ4n) is 2.15. The summed E-state index contributed by atoms with van der Waals surface area (Å²) in [5.41, 5.74) is 5.50. The Hall–Kier alpha value is -0.640. The minimum absolute atomic E-state index is 0.201. The Labute approximate surface area is 102 Å². The lowest BCUT2D eigenvalue weighted by Gasteiger charge is -2.25. The van der Waals surface area contributed by atoms with Crippen LogP contribution in [0, 0.1) is 11.8 Å². The highest BCUT2D eigenvalue weighted by molar-refractivity contribution is 7.80. The van der Waals surface area contributed by atoms with Crippen molar-refractivity contribution in [2.45, 2.75) is 45.1 Å². The number of nitrogens with two attached hydrogens (primary N) is 1. The maximum atomic E-state index is 12.3. The molecule has 1 atom stereocenters. The molecule has 2 aliphatic rings. The lowest BCUT2D eigenvalue weighted by molar-refractivity contribution is -0.136. The number of carbonyl (C=O) groups excluding carboxylic acids is 1. The molecule has 2 saturated carbocycles. The van der Waals surface area contributed by atoms with Gasteiger partial charge in [-0.1, -0.05) is 19.1 Å². The van der Waals surface area contributed by atoms with Crippen molar-refractivity contribution in [2.75, 3.05) is 6.54 Å². The average Bonchev–Trinajstić information content (AvgIpc) is 3.07. The van der Waals surface area contributed by atoms with Crippen LogP contribution in [0.5, 0.6) is 0 Å². The Balaban J connectivity index is 1.89. The number of amides is 1. The van der Waals surface area contributed by atoms with Crippen molar-refractivity contribution in [3.05, 3.63) is 0 Å². The molecule has 16 heavy (non-hydrogen) atoms. The minimum atomic E-state index is 0.201. The largest absolute Gasteiger partial charge is 0.393 e. The quantitative estimate of drug-likeness (QED) is 0.719. The van der Waals surface area contributed by atoms with Gasteiger partial charge in [0, 0.05) is 24.9 Å². The zero-order valence-corrected chi connectivity index (χ0v) is 10.6. The molecule has 90 valence electrons. The lowest BCUT2D eigenvalue weighted by Crippen LogP contribution is -2.39. The molecule has 2 fully saturated rings. The second kappa shape index (κ2) is 4.70. The lowest BCUT2D eigenvalue weighted by atomic mass is 10.0. The molecular weight excluding hydrogens is 220 g/mol. The Morgan fingerprint density at radius 2 is 2.06 bits per heavy atom. The average molecular weight is 240 g/mol. The first kappa shape index (κ1) is 11.8. The number of carbonyl (C=O) groups is 1. The van der Waals surface area contributed by atoms with Gasteiger partial charge in [-0.2, -0.15) is 0 Å². The van der Waals surface area contributed by atoms with Gasteiger partial charge < -0.3 is 10.6 Å². The summed E-state index contributed by atoms with van der Waals surface area (Å²) in [6, 6.07) is 0.475. The molecule has 0 aromatic rings. The summed E-state index contributed by atoms with van der Waals surface area (Å²) in [4.78, 5) is 14.8. The van der Waals surface area contributed by atoms with E-state index >= 15 is 0 Å².